The minimum Gasteiger partial charge on any atom is -0.822 e. The Balaban J connectivity index is -0.0000000800. The number of rotatable bonds is 0. The number of hydrogen-bond donors (Lipinski definition) is 0. The van der Waals surface area contributed by atoms with Gasteiger partial charge in [-0.25, -0.2) is 0 Å². The van der Waals surface area contributed by atoms with E-state index in [1.807, 2.05) is 0 Å². The Hall–Kier alpha value is 1.98. The van der Waals surface area contributed by atoms with Gasteiger partial charge in [-0.2, -0.15) is 7.82 Å². The number of hydrogen-bond acceptors (Lipinski definition) is 4. The largest absolute Gasteiger partial charge is 3.00 e. The Kier molecular flexibility index (Phi) is 13.9. The fraction of sp³-hybridized carbons (Fsp3) is 0. The smallest absolute Gasteiger partial charge is 0.822 e. The molecule has 7 heteroatoms. The van der Waals surface area contributed by atoms with Crippen molar-refractivity contribution in [2.24, 2.45) is 0 Å². The van der Waals surface area contributed by atoms with Gasteiger partial charge >= 0.3 is 26.2 Å². The molecule has 0 fully saturated rings. The minimum absolute atomic E-state index is 0. The first-order valence-corrected chi connectivity index (χ1v) is 2.19. The first kappa shape index (κ1) is 16.0. The van der Waals surface area contributed by atoms with Crippen molar-refractivity contribution in [2.45, 2.75) is 0 Å². The summed E-state index contributed by atoms with van der Waals surface area (Å²) in [5, 5.41) is 0. The predicted octanol–water partition coefficient (Wildman–Crippen LogP) is -3.21. The molecule has 0 atom stereocenters. The van der Waals surface area contributed by atoms with Gasteiger partial charge in [0.15, 0.2) is 0 Å². The Bertz CT molecular complexity index is 57.8. The van der Waals surface area contributed by atoms with Crippen molar-refractivity contribution in [1.29, 1.82) is 0 Å². The predicted molar refractivity (Wildman–Crippen MR) is 13.4 cm³/mol. The van der Waals surface area contributed by atoms with Gasteiger partial charge in [-0.05, 0) is 0 Å². The summed E-state index contributed by atoms with van der Waals surface area (Å²) in [7, 11) is -5.39. The van der Waals surface area contributed by atoms with Gasteiger partial charge in [0.1, 0.15) is 0 Å². The van der Waals surface area contributed by atoms with Crippen LogP contribution in [0.2, 0.25) is 0 Å². The van der Waals surface area contributed by atoms with E-state index in [9.17, 15) is 0 Å². The summed E-state index contributed by atoms with van der Waals surface area (Å²) in [6.07, 6.45) is 0. The molecule has 0 spiro atoms. The van der Waals surface area contributed by atoms with E-state index in [1.54, 1.807) is 0 Å². The molecule has 0 amide bonds. The van der Waals surface area contributed by atoms with Crippen molar-refractivity contribution in [2.75, 3.05) is 0 Å². The molecule has 0 aliphatic carbocycles. The summed E-state index contributed by atoms with van der Waals surface area (Å²) < 4.78 is 8.55. The molecule has 0 rings (SSSR count). The fourth-order valence-electron chi connectivity index (χ4n) is 0. The summed E-state index contributed by atoms with van der Waals surface area (Å²) in [5.41, 5.74) is 0. The maximum absolute atomic E-state index is 8.55. The van der Waals surface area contributed by atoms with E-state index in [-0.39, 0.29) is 55.4 Å². The average molecular weight is 548 g/mol. The van der Waals surface area contributed by atoms with Crippen LogP contribution in [-0.2, 0) is 4.57 Å². The van der Waals surface area contributed by atoms with Crippen molar-refractivity contribution < 1.29 is 48.4 Å². The molecule has 4 nitrogen and oxygen atoms in total. The fourth-order valence-corrected chi connectivity index (χ4v) is 0. The van der Waals surface area contributed by atoms with Crippen LogP contribution in [0.4, 0.5) is 0 Å². The van der Waals surface area contributed by atoms with Crippen LogP contribution >= 0.6 is 7.82 Å². The molecule has 40 valence electrons. The van der Waals surface area contributed by atoms with Crippen LogP contribution in [0.5, 0.6) is 0 Å². The van der Waals surface area contributed by atoms with Crippen molar-refractivity contribution >= 4 is 34.0 Å². The maximum atomic E-state index is 8.55. The SMILES string of the molecule is O=P([O-])([O-])[O-].[Bi+3].[Pu]. The van der Waals surface area contributed by atoms with Crippen molar-refractivity contribution in [3.63, 3.8) is 0 Å². The molecule has 0 saturated carbocycles. The molecule has 0 aliphatic heterocycles. The van der Waals surface area contributed by atoms with Crippen molar-refractivity contribution in [3.05, 3.63) is 0 Å². The molecule has 0 heterocycles. The third-order valence-electron chi connectivity index (χ3n) is 0. The van der Waals surface area contributed by atoms with E-state index in [0.29, 0.717) is 0 Å². The molecule has 0 aromatic rings. The Morgan fingerprint density at radius 2 is 1.14 bits per heavy atom. The van der Waals surface area contributed by atoms with Gasteiger partial charge in [-0.1, -0.05) is 0 Å². The Morgan fingerprint density at radius 3 is 1.14 bits per heavy atom. The quantitative estimate of drug-likeness (QED) is 0.236. The Labute approximate surface area is 81.6 Å². The second-order valence-electron chi connectivity index (χ2n) is 0.447. The molecule has 2 radical (unpaired) electrons. The number of phosphoric acid groups is 1. The molecule has 0 aliphatic rings. The van der Waals surface area contributed by atoms with Gasteiger partial charge in [-0.3, -0.25) is 0 Å². The van der Waals surface area contributed by atoms with Gasteiger partial charge in [-0.15, -0.1) is 0 Å². The van der Waals surface area contributed by atoms with E-state index in [2.05, 4.69) is 0 Å². The molecule has 7 heavy (non-hydrogen) atoms. The van der Waals surface area contributed by atoms with E-state index < -0.39 is 7.82 Å². The van der Waals surface area contributed by atoms with Crippen LogP contribution in [-0.4, -0.2) is 26.2 Å². The van der Waals surface area contributed by atoms with Crippen molar-refractivity contribution in [3.8, 4) is 0 Å². The van der Waals surface area contributed by atoms with Gasteiger partial charge in [0, 0.05) is 29.2 Å². The minimum atomic E-state index is -5.39. The molecule has 0 aromatic heterocycles. The van der Waals surface area contributed by atoms with Crippen LogP contribution in [0.1, 0.15) is 0 Å². The van der Waals surface area contributed by atoms with E-state index in [4.69, 9.17) is 19.2 Å². The molecular weight excluding hydrogens is 548 g/mol. The monoisotopic (exact) mass is 542 g/mol. The average Bonchev–Trinajstić information content (AvgIpc) is 0.722. The summed E-state index contributed by atoms with van der Waals surface area (Å²) in [4.78, 5) is 25.6. The van der Waals surface area contributed by atoms with Gasteiger partial charge in [0.25, 0.3) is 0 Å². The van der Waals surface area contributed by atoms with E-state index >= 15 is 0 Å². The topological polar surface area (TPSA) is 86.2 Å². The van der Waals surface area contributed by atoms with Crippen LogP contribution in [0, 0.1) is 29.2 Å². The molecule has 0 unspecified atom stereocenters. The third kappa shape index (κ3) is 72.8. The molecule has 0 saturated heterocycles. The molecule has 0 aromatic carbocycles. The van der Waals surface area contributed by atoms with Crippen LogP contribution in [0.3, 0.4) is 0 Å². The Morgan fingerprint density at radius 1 is 1.14 bits per heavy atom. The van der Waals surface area contributed by atoms with Crippen molar-refractivity contribution in [1.82, 2.24) is 0 Å². The normalized spacial score (nSPS) is 8.43. The third-order valence-corrected chi connectivity index (χ3v) is 0. The standard InChI is InChI=1S/Bi.H3O4P.Pu/c;1-5(2,3)4;/h;(H3,1,2,3,4);/q+3;;/p-3. The molecule has 0 bridgehead atoms. The van der Waals surface area contributed by atoms with E-state index in [0.717, 1.165) is 0 Å². The first-order chi connectivity index (χ1) is 2.00. The zero-order chi connectivity index (χ0) is 4.50. The second kappa shape index (κ2) is 6.11. The van der Waals surface area contributed by atoms with Gasteiger partial charge < -0.3 is 19.2 Å². The van der Waals surface area contributed by atoms with Gasteiger partial charge in [0.2, 0.25) is 0 Å². The summed E-state index contributed by atoms with van der Waals surface area (Å²) in [6, 6.07) is 0. The van der Waals surface area contributed by atoms with E-state index in [1.165, 1.54) is 0 Å². The van der Waals surface area contributed by atoms with Crippen LogP contribution in [0.15, 0.2) is 0 Å². The zero-order valence-electron chi connectivity index (χ0n) is 2.94. The summed E-state index contributed by atoms with van der Waals surface area (Å²) in [6.45, 7) is 0. The van der Waals surface area contributed by atoms with Crippen LogP contribution < -0.4 is 14.7 Å². The first-order valence-electron chi connectivity index (χ1n) is 0.730. The van der Waals surface area contributed by atoms with Gasteiger partial charge in [0.05, 0.1) is 0 Å². The summed E-state index contributed by atoms with van der Waals surface area (Å²) in [5.74, 6) is 0. The van der Waals surface area contributed by atoms with Crippen LogP contribution in [0.25, 0.3) is 0 Å². The molecular formula is BiO4PPu. The maximum Gasteiger partial charge on any atom is 3.00 e. The second-order valence-corrected chi connectivity index (χ2v) is 1.34. The zero-order valence-corrected chi connectivity index (χ0v) is 10.7. The summed E-state index contributed by atoms with van der Waals surface area (Å²) >= 11 is 0. The molecule has 0 N–H and O–H groups in total.